The third kappa shape index (κ3) is 7.12. The first-order valence-electron chi connectivity index (χ1n) is 11.8. The van der Waals surface area contributed by atoms with Gasteiger partial charge in [0, 0.05) is 45.1 Å². The number of nitrogens with one attached hydrogen (secondary N) is 1. The minimum Gasteiger partial charge on any atom is -0.444 e. The van der Waals surface area contributed by atoms with Crippen molar-refractivity contribution in [1.82, 2.24) is 25.2 Å². The molecule has 0 aliphatic heterocycles. The Balaban J connectivity index is 1.67. The number of amides is 1. The van der Waals surface area contributed by atoms with Crippen LogP contribution in [0.25, 0.3) is 0 Å². The van der Waals surface area contributed by atoms with Gasteiger partial charge in [0.25, 0.3) is 0 Å². The second-order valence-corrected chi connectivity index (χ2v) is 9.94. The first-order chi connectivity index (χ1) is 15.6. The number of hydrogen-bond acceptors (Lipinski definition) is 7. The number of fused-ring (bicyclic) bond motifs is 1. The zero-order valence-corrected chi connectivity index (χ0v) is 20.9. The summed E-state index contributed by atoms with van der Waals surface area (Å²) < 4.78 is 5.32. The predicted molar refractivity (Wildman–Crippen MR) is 130 cm³/mol. The number of aromatic nitrogens is 3. The summed E-state index contributed by atoms with van der Waals surface area (Å²) >= 11 is 0. The van der Waals surface area contributed by atoms with Crippen LogP contribution in [0.1, 0.15) is 68.6 Å². The zero-order valence-electron chi connectivity index (χ0n) is 20.9. The zero-order chi connectivity index (χ0) is 24.0. The van der Waals surface area contributed by atoms with E-state index in [1.807, 2.05) is 58.2 Å². The first kappa shape index (κ1) is 24.9. The third-order valence-electron chi connectivity index (χ3n) is 5.72. The number of carbonyl (C=O) groups excluding carboxylic acids is 1. The molecular formula is C25H38N6O2. The van der Waals surface area contributed by atoms with E-state index < -0.39 is 5.60 Å². The van der Waals surface area contributed by atoms with Gasteiger partial charge in [-0.15, -0.1) is 0 Å². The maximum absolute atomic E-state index is 11.9. The molecule has 0 radical (unpaired) electrons. The summed E-state index contributed by atoms with van der Waals surface area (Å²) in [5, 5.41) is 2.84. The van der Waals surface area contributed by atoms with Gasteiger partial charge < -0.3 is 15.0 Å². The Morgan fingerprint density at radius 1 is 1.24 bits per heavy atom. The Bertz CT molecular complexity index is 941. The van der Waals surface area contributed by atoms with Crippen molar-refractivity contribution in [2.75, 3.05) is 32.6 Å². The fraction of sp³-hybridized carbons (Fsp3) is 0.600. The van der Waals surface area contributed by atoms with Crippen molar-refractivity contribution in [1.29, 1.82) is 0 Å². The van der Waals surface area contributed by atoms with E-state index in [0.717, 1.165) is 43.5 Å². The van der Waals surface area contributed by atoms with Crippen molar-refractivity contribution in [2.24, 2.45) is 0 Å². The van der Waals surface area contributed by atoms with E-state index in [2.05, 4.69) is 28.3 Å². The molecule has 0 fully saturated rings. The van der Waals surface area contributed by atoms with Crippen LogP contribution in [0.15, 0.2) is 24.5 Å². The number of anilines is 1. The summed E-state index contributed by atoms with van der Waals surface area (Å²) in [6.07, 6.45) is 8.35. The molecule has 8 nitrogen and oxygen atoms in total. The fourth-order valence-corrected chi connectivity index (χ4v) is 4.15. The molecule has 1 unspecified atom stereocenters. The van der Waals surface area contributed by atoms with Gasteiger partial charge in [0.15, 0.2) is 0 Å². The molecule has 1 N–H and O–H groups in total. The molecule has 33 heavy (non-hydrogen) atoms. The van der Waals surface area contributed by atoms with Crippen molar-refractivity contribution >= 4 is 12.0 Å². The van der Waals surface area contributed by atoms with Crippen LogP contribution in [0.3, 0.4) is 0 Å². The highest BCUT2D eigenvalue weighted by molar-refractivity contribution is 5.67. The SMILES string of the molecule is CN(C)c1ncc(CN(C)C2CCCc3cccnc32)c(CCCNC(=O)OC(C)(C)C)n1. The highest BCUT2D eigenvalue weighted by atomic mass is 16.6. The molecule has 0 saturated heterocycles. The molecule has 1 aliphatic carbocycles. The maximum atomic E-state index is 11.9. The van der Waals surface area contributed by atoms with E-state index in [9.17, 15) is 4.79 Å². The van der Waals surface area contributed by atoms with Crippen molar-refractivity contribution in [3.63, 3.8) is 0 Å². The average Bonchev–Trinajstić information content (AvgIpc) is 2.75. The van der Waals surface area contributed by atoms with Gasteiger partial charge >= 0.3 is 6.09 Å². The van der Waals surface area contributed by atoms with Crippen LogP contribution in [-0.4, -0.2) is 59.2 Å². The largest absolute Gasteiger partial charge is 0.444 e. The molecule has 1 atom stereocenters. The van der Waals surface area contributed by atoms with Crippen molar-refractivity contribution in [3.8, 4) is 0 Å². The molecule has 2 heterocycles. The average molecular weight is 455 g/mol. The fourth-order valence-electron chi connectivity index (χ4n) is 4.15. The third-order valence-corrected chi connectivity index (χ3v) is 5.72. The minimum atomic E-state index is -0.498. The smallest absolute Gasteiger partial charge is 0.407 e. The lowest BCUT2D eigenvalue weighted by atomic mass is 9.91. The second kappa shape index (κ2) is 10.9. The summed E-state index contributed by atoms with van der Waals surface area (Å²) in [7, 11) is 6.04. The standard InChI is InChI=1S/C25H38N6O2/c1-25(2,3)33-24(32)27-15-9-12-20-19(16-28-23(29-20)30(4)5)17-31(6)21-13-7-10-18-11-8-14-26-22(18)21/h8,11,14,16,21H,7,9-10,12-13,15,17H2,1-6H3,(H,27,32). The number of hydrogen-bond donors (Lipinski definition) is 1. The van der Waals surface area contributed by atoms with Gasteiger partial charge in [-0.1, -0.05) is 6.07 Å². The van der Waals surface area contributed by atoms with Crippen molar-refractivity contribution in [3.05, 3.63) is 47.0 Å². The van der Waals surface area contributed by atoms with Gasteiger partial charge in [-0.3, -0.25) is 9.88 Å². The van der Waals surface area contributed by atoms with Crippen molar-refractivity contribution < 1.29 is 9.53 Å². The van der Waals surface area contributed by atoms with Crippen molar-refractivity contribution in [2.45, 2.75) is 71.1 Å². The number of pyridine rings is 1. The molecule has 0 bridgehead atoms. The molecule has 1 aliphatic rings. The summed E-state index contributed by atoms with van der Waals surface area (Å²) in [4.78, 5) is 30.3. The summed E-state index contributed by atoms with van der Waals surface area (Å²) in [5.41, 5.74) is 4.18. The molecule has 3 rings (SSSR count). The second-order valence-electron chi connectivity index (χ2n) is 9.94. The number of carbonyl (C=O) groups is 1. The minimum absolute atomic E-state index is 0.296. The van der Waals surface area contributed by atoms with E-state index >= 15 is 0 Å². The topological polar surface area (TPSA) is 83.5 Å². The highest BCUT2D eigenvalue weighted by Gasteiger charge is 2.25. The lowest BCUT2D eigenvalue weighted by molar-refractivity contribution is 0.0527. The molecule has 180 valence electrons. The Labute approximate surface area is 197 Å². The van der Waals surface area contributed by atoms with Gasteiger partial charge in [-0.25, -0.2) is 14.8 Å². The normalized spacial score (nSPS) is 15.8. The molecule has 0 saturated carbocycles. The molecular weight excluding hydrogens is 416 g/mol. The maximum Gasteiger partial charge on any atom is 0.407 e. The number of aryl methyl sites for hydroxylation is 2. The Morgan fingerprint density at radius 3 is 2.76 bits per heavy atom. The van der Waals surface area contributed by atoms with E-state index in [1.54, 1.807) is 0 Å². The number of alkyl carbamates (subject to hydrolysis) is 1. The Hall–Kier alpha value is -2.74. The molecule has 2 aromatic rings. The van der Waals surface area contributed by atoms with E-state index in [1.165, 1.54) is 17.7 Å². The monoisotopic (exact) mass is 454 g/mol. The molecule has 0 spiro atoms. The van der Waals surface area contributed by atoms with Crippen LogP contribution in [0.2, 0.25) is 0 Å². The van der Waals surface area contributed by atoms with E-state index in [0.29, 0.717) is 18.5 Å². The lowest BCUT2D eigenvalue weighted by Crippen LogP contribution is -2.33. The number of nitrogens with zero attached hydrogens (tertiary/aromatic N) is 5. The first-order valence-corrected chi connectivity index (χ1v) is 11.8. The van der Waals surface area contributed by atoms with Crippen LogP contribution >= 0.6 is 0 Å². The van der Waals surface area contributed by atoms with Crippen LogP contribution < -0.4 is 10.2 Å². The van der Waals surface area contributed by atoms with Gasteiger partial charge in [-0.05, 0) is 71.6 Å². The van der Waals surface area contributed by atoms with Gasteiger partial charge in [0.2, 0.25) is 5.95 Å². The van der Waals surface area contributed by atoms with Crippen LogP contribution in [0.5, 0.6) is 0 Å². The van der Waals surface area contributed by atoms with E-state index in [4.69, 9.17) is 14.7 Å². The number of rotatable bonds is 8. The predicted octanol–water partition coefficient (Wildman–Crippen LogP) is 3.90. The Kier molecular flexibility index (Phi) is 8.24. The quantitative estimate of drug-likeness (QED) is 0.606. The number of ether oxygens (including phenoxy) is 1. The van der Waals surface area contributed by atoms with Crippen LogP contribution in [0.4, 0.5) is 10.7 Å². The van der Waals surface area contributed by atoms with Gasteiger partial charge in [0.05, 0.1) is 17.4 Å². The summed E-state index contributed by atoms with van der Waals surface area (Å²) in [6, 6.07) is 4.52. The Morgan fingerprint density at radius 2 is 2.03 bits per heavy atom. The van der Waals surface area contributed by atoms with Gasteiger partial charge in [-0.2, -0.15) is 0 Å². The summed E-state index contributed by atoms with van der Waals surface area (Å²) in [5.74, 6) is 0.696. The summed E-state index contributed by atoms with van der Waals surface area (Å²) in [6.45, 7) is 6.87. The van der Waals surface area contributed by atoms with Crippen LogP contribution in [-0.2, 0) is 24.1 Å². The van der Waals surface area contributed by atoms with E-state index in [-0.39, 0.29) is 6.09 Å². The van der Waals surface area contributed by atoms with Crippen LogP contribution in [0, 0.1) is 0 Å². The highest BCUT2D eigenvalue weighted by Crippen LogP contribution is 2.33. The molecule has 1 amide bonds. The molecule has 2 aromatic heterocycles. The van der Waals surface area contributed by atoms with Gasteiger partial charge in [0.1, 0.15) is 5.60 Å². The molecule has 8 heteroatoms. The molecule has 0 aromatic carbocycles. The lowest BCUT2D eigenvalue weighted by Gasteiger charge is -2.32.